The first-order valence-electron chi connectivity index (χ1n) is 3.66. The van der Waals surface area contributed by atoms with E-state index in [0.717, 1.165) is 5.69 Å². The summed E-state index contributed by atoms with van der Waals surface area (Å²) in [5, 5.41) is 7.84. The standard InChI is InChI=1S/C10H10N2/c1-3-9(2)11-12-10-7-5-4-6-8-10/h4-8H,1H2,2H3. The second-order valence-corrected chi connectivity index (χ2v) is 2.30. The van der Waals surface area contributed by atoms with Crippen molar-refractivity contribution < 1.29 is 0 Å². The molecule has 12 heavy (non-hydrogen) atoms. The van der Waals surface area contributed by atoms with Gasteiger partial charge in [0.15, 0.2) is 0 Å². The Morgan fingerprint density at radius 2 is 2.00 bits per heavy atom. The maximum Gasteiger partial charge on any atom is 0.101 e. The van der Waals surface area contributed by atoms with Gasteiger partial charge < -0.3 is 0 Å². The quantitative estimate of drug-likeness (QED) is 0.465. The molecule has 0 saturated carbocycles. The van der Waals surface area contributed by atoms with Crippen LogP contribution in [-0.2, 0) is 0 Å². The molecule has 0 aliphatic rings. The molecule has 1 aromatic rings. The van der Waals surface area contributed by atoms with Crippen molar-refractivity contribution in [3.63, 3.8) is 0 Å². The molecule has 0 saturated heterocycles. The van der Waals surface area contributed by atoms with Crippen molar-refractivity contribution in [2.45, 2.75) is 6.92 Å². The van der Waals surface area contributed by atoms with Gasteiger partial charge in [0.05, 0.1) is 5.69 Å². The first-order valence-corrected chi connectivity index (χ1v) is 3.66. The van der Waals surface area contributed by atoms with Crippen LogP contribution in [0.3, 0.4) is 0 Å². The van der Waals surface area contributed by atoms with E-state index in [2.05, 4.69) is 22.5 Å². The normalized spacial score (nSPS) is 9.75. The molecule has 0 aliphatic carbocycles. The highest BCUT2D eigenvalue weighted by molar-refractivity contribution is 5.34. The summed E-state index contributed by atoms with van der Waals surface area (Å²) in [4.78, 5) is 0. The van der Waals surface area contributed by atoms with Gasteiger partial charge in [0.1, 0.15) is 5.70 Å². The van der Waals surface area contributed by atoms with Gasteiger partial charge in [-0.2, -0.15) is 5.11 Å². The number of azo groups is 1. The van der Waals surface area contributed by atoms with Crippen LogP contribution in [0.4, 0.5) is 5.69 Å². The number of benzene rings is 1. The number of hydrogen-bond donors (Lipinski definition) is 0. The van der Waals surface area contributed by atoms with E-state index in [9.17, 15) is 0 Å². The Bertz CT molecular complexity index is 319. The lowest BCUT2D eigenvalue weighted by Crippen LogP contribution is -1.63. The Morgan fingerprint density at radius 1 is 1.33 bits per heavy atom. The fraction of sp³-hybridized carbons (Fsp3) is 0.100. The molecule has 0 atom stereocenters. The molecule has 2 nitrogen and oxygen atoms in total. The van der Waals surface area contributed by atoms with Crippen molar-refractivity contribution in [3.8, 4) is 0 Å². The average molecular weight is 158 g/mol. The smallest absolute Gasteiger partial charge is 0.101 e. The maximum absolute atomic E-state index is 3.96. The molecule has 0 aliphatic heterocycles. The Labute approximate surface area is 72.0 Å². The van der Waals surface area contributed by atoms with Gasteiger partial charge in [-0.3, -0.25) is 0 Å². The van der Waals surface area contributed by atoms with Gasteiger partial charge >= 0.3 is 0 Å². The van der Waals surface area contributed by atoms with Crippen molar-refractivity contribution >= 4 is 5.69 Å². The van der Waals surface area contributed by atoms with Crippen molar-refractivity contribution in [1.82, 2.24) is 0 Å². The van der Waals surface area contributed by atoms with Crippen LogP contribution >= 0.6 is 0 Å². The highest BCUT2D eigenvalue weighted by Gasteiger charge is 1.84. The van der Waals surface area contributed by atoms with Gasteiger partial charge in [-0.25, -0.2) is 0 Å². The van der Waals surface area contributed by atoms with Crippen LogP contribution in [-0.4, -0.2) is 0 Å². The third kappa shape index (κ3) is 2.52. The van der Waals surface area contributed by atoms with Crippen molar-refractivity contribution in [2.75, 3.05) is 0 Å². The summed E-state index contributed by atoms with van der Waals surface area (Å²) in [6.07, 6.45) is 0. The molecule has 0 amide bonds. The van der Waals surface area contributed by atoms with E-state index < -0.39 is 0 Å². The number of hydrogen-bond acceptors (Lipinski definition) is 2. The van der Waals surface area contributed by atoms with Crippen LogP contribution < -0.4 is 0 Å². The molecule has 60 valence electrons. The van der Waals surface area contributed by atoms with Crippen molar-refractivity contribution in [2.24, 2.45) is 10.2 Å². The van der Waals surface area contributed by atoms with Crippen molar-refractivity contribution in [1.29, 1.82) is 0 Å². The molecule has 0 heterocycles. The Balaban J connectivity index is 2.77. The van der Waals surface area contributed by atoms with Crippen LogP contribution in [0.15, 0.2) is 58.6 Å². The molecule has 0 aromatic heterocycles. The minimum atomic E-state index is 0.693. The highest BCUT2D eigenvalue weighted by atomic mass is 15.1. The van der Waals surface area contributed by atoms with Gasteiger partial charge in [-0.1, -0.05) is 24.8 Å². The molecule has 0 fully saturated rings. The number of nitrogens with zero attached hydrogens (tertiary/aromatic N) is 2. The van der Waals surface area contributed by atoms with E-state index in [-0.39, 0.29) is 0 Å². The molecular weight excluding hydrogens is 148 g/mol. The lowest BCUT2D eigenvalue weighted by atomic mass is 10.3. The zero-order valence-electron chi connectivity index (χ0n) is 6.99. The van der Waals surface area contributed by atoms with Crippen LogP contribution in [0.1, 0.15) is 6.92 Å². The third-order valence-electron chi connectivity index (χ3n) is 1.33. The molecule has 0 N–H and O–H groups in total. The molecule has 1 rings (SSSR count). The molecule has 1 aromatic carbocycles. The van der Waals surface area contributed by atoms with Gasteiger partial charge in [0, 0.05) is 0 Å². The first kappa shape index (κ1) is 8.44. The molecule has 0 radical (unpaired) electrons. The molecule has 0 bridgehead atoms. The lowest BCUT2D eigenvalue weighted by molar-refractivity contribution is 1.13. The van der Waals surface area contributed by atoms with E-state index in [1.54, 1.807) is 6.92 Å². The monoisotopic (exact) mass is 158 g/mol. The lowest BCUT2D eigenvalue weighted by Gasteiger charge is -1.88. The molecule has 2 heteroatoms. The van der Waals surface area contributed by atoms with Crippen LogP contribution in [0.2, 0.25) is 0 Å². The third-order valence-corrected chi connectivity index (χ3v) is 1.33. The summed E-state index contributed by atoms with van der Waals surface area (Å²) in [5.74, 6) is 0. The summed E-state index contributed by atoms with van der Waals surface area (Å²) in [7, 11) is 0. The second kappa shape index (κ2) is 4.27. The molecular formula is C10H10N2. The topological polar surface area (TPSA) is 24.7 Å². The van der Waals surface area contributed by atoms with E-state index >= 15 is 0 Å². The Kier molecular flexibility index (Phi) is 3.00. The van der Waals surface area contributed by atoms with Gasteiger partial charge in [0.2, 0.25) is 0 Å². The van der Waals surface area contributed by atoms with Crippen molar-refractivity contribution in [3.05, 3.63) is 48.3 Å². The SMILES string of the molecule is C=C=C(C)N=Nc1ccccc1. The zero-order valence-corrected chi connectivity index (χ0v) is 6.99. The second-order valence-electron chi connectivity index (χ2n) is 2.30. The van der Waals surface area contributed by atoms with E-state index in [4.69, 9.17) is 0 Å². The number of allylic oxidation sites excluding steroid dienone is 1. The predicted octanol–water partition coefficient (Wildman–Crippen LogP) is 3.46. The van der Waals surface area contributed by atoms with Crippen LogP contribution in [0.5, 0.6) is 0 Å². The van der Waals surface area contributed by atoms with Gasteiger partial charge in [-0.05, 0) is 19.1 Å². The van der Waals surface area contributed by atoms with Gasteiger partial charge in [-0.15, -0.1) is 10.8 Å². The van der Waals surface area contributed by atoms with Gasteiger partial charge in [0.25, 0.3) is 0 Å². The Hall–Kier alpha value is -1.66. The average Bonchev–Trinajstić information content (AvgIpc) is 2.16. The van der Waals surface area contributed by atoms with E-state index in [0.29, 0.717) is 5.70 Å². The minimum Gasteiger partial charge on any atom is -0.150 e. The fourth-order valence-corrected chi connectivity index (χ4v) is 0.663. The van der Waals surface area contributed by atoms with E-state index in [1.807, 2.05) is 30.3 Å². The fourth-order valence-electron chi connectivity index (χ4n) is 0.663. The summed E-state index contributed by atoms with van der Waals surface area (Å²) in [5.41, 5.74) is 4.17. The van der Waals surface area contributed by atoms with Crippen LogP contribution in [0.25, 0.3) is 0 Å². The maximum atomic E-state index is 3.96. The summed E-state index contributed by atoms with van der Waals surface area (Å²) < 4.78 is 0. The summed E-state index contributed by atoms with van der Waals surface area (Å²) in [6, 6.07) is 9.55. The first-order chi connectivity index (χ1) is 5.83. The highest BCUT2D eigenvalue weighted by Crippen LogP contribution is 2.11. The predicted molar refractivity (Wildman–Crippen MR) is 49.3 cm³/mol. The molecule has 0 spiro atoms. The summed E-state index contributed by atoms with van der Waals surface area (Å²) in [6.45, 7) is 5.26. The largest absolute Gasteiger partial charge is 0.150 e. The minimum absolute atomic E-state index is 0.693. The van der Waals surface area contributed by atoms with E-state index in [1.165, 1.54) is 0 Å². The van der Waals surface area contributed by atoms with Crippen LogP contribution in [0, 0.1) is 0 Å². The molecule has 0 unspecified atom stereocenters. The zero-order chi connectivity index (χ0) is 8.81. The Morgan fingerprint density at radius 3 is 2.58 bits per heavy atom. The number of rotatable bonds is 2. The summed E-state index contributed by atoms with van der Waals surface area (Å²) >= 11 is 0.